The van der Waals surface area contributed by atoms with E-state index in [0.717, 1.165) is 6.42 Å². The smallest absolute Gasteiger partial charge is 0.0277 e. The van der Waals surface area contributed by atoms with Crippen LogP contribution < -0.4 is 0 Å². The van der Waals surface area contributed by atoms with Gasteiger partial charge in [0.1, 0.15) is 0 Å². The van der Waals surface area contributed by atoms with E-state index in [1.807, 2.05) is 0 Å². The van der Waals surface area contributed by atoms with Crippen LogP contribution in [0.2, 0.25) is 0 Å². The molecule has 0 saturated heterocycles. The summed E-state index contributed by atoms with van der Waals surface area (Å²) in [5, 5.41) is 2.72. The van der Waals surface area contributed by atoms with Crippen molar-refractivity contribution in [2.24, 2.45) is 0 Å². The van der Waals surface area contributed by atoms with Crippen LogP contribution in [-0.4, -0.2) is 0 Å². The van der Waals surface area contributed by atoms with E-state index in [4.69, 9.17) is 0 Å². The largest absolute Gasteiger partial charge is 0.0721 e. The normalized spacial score (nSPS) is 14.7. The Balaban J connectivity index is 2.35. The summed E-state index contributed by atoms with van der Waals surface area (Å²) in [6.07, 6.45) is 5.58. The molecule has 0 aromatic heterocycles. The highest BCUT2D eigenvalue weighted by molar-refractivity contribution is 5.93. The van der Waals surface area contributed by atoms with Crippen molar-refractivity contribution in [3.05, 3.63) is 59.5 Å². The first-order valence-corrected chi connectivity index (χ1v) is 5.46. The van der Waals surface area contributed by atoms with Crippen LogP contribution in [0.1, 0.15) is 24.5 Å². The third-order valence-corrected chi connectivity index (χ3v) is 3.13. The fraction of sp³-hybridized carbons (Fsp3) is 0.133. The summed E-state index contributed by atoms with van der Waals surface area (Å²) in [7, 11) is 0. The molecule has 0 fully saturated rings. The minimum absolute atomic E-state index is 1.11. The van der Waals surface area contributed by atoms with Crippen molar-refractivity contribution in [3.63, 3.8) is 0 Å². The lowest BCUT2D eigenvalue weighted by molar-refractivity contribution is 1.04. The molecule has 0 aliphatic heterocycles. The average Bonchev–Trinajstić information content (AvgIpc) is 2.72. The summed E-state index contributed by atoms with van der Waals surface area (Å²) in [5.74, 6) is 1.46. The molecule has 3 rings (SSSR count). The zero-order chi connectivity index (χ0) is 10.3. The van der Waals surface area contributed by atoms with Crippen LogP contribution in [0.3, 0.4) is 0 Å². The van der Waals surface area contributed by atoms with Gasteiger partial charge in [-0.2, -0.15) is 0 Å². The predicted molar refractivity (Wildman–Crippen MR) is 65.6 cm³/mol. The van der Waals surface area contributed by atoms with Crippen molar-refractivity contribution < 1.29 is 0 Å². The van der Waals surface area contributed by atoms with Gasteiger partial charge in [0.15, 0.2) is 0 Å². The van der Waals surface area contributed by atoms with E-state index in [0.29, 0.717) is 0 Å². The van der Waals surface area contributed by atoms with E-state index < -0.39 is 0 Å². The van der Waals surface area contributed by atoms with Gasteiger partial charge >= 0.3 is 0 Å². The van der Waals surface area contributed by atoms with Gasteiger partial charge in [-0.1, -0.05) is 55.5 Å². The van der Waals surface area contributed by atoms with E-state index in [1.165, 1.54) is 27.8 Å². The lowest BCUT2D eigenvalue weighted by Gasteiger charge is -2.11. The molecule has 0 atom stereocenters. The molecule has 0 heteroatoms. The van der Waals surface area contributed by atoms with E-state index in [2.05, 4.69) is 55.5 Å². The second kappa shape index (κ2) is 3.23. The van der Waals surface area contributed by atoms with Crippen molar-refractivity contribution in [2.75, 3.05) is 0 Å². The Bertz CT molecular complexity index is 535. The van der Waals surface area contributed by atoms with Gasteiger partial charge in [0, 0.05) is 5.92 Å². The Kier molecular flexibility index (Phi) is 1.88. The molecule has 1 radical (unpaired) electrons. The monoisotopic (exact) mass is 193 g/mol. The Labute approximate surface area is 90.2 Å². The molecular weight excluding hydrogens is 180 g/mol. The highest BCUT2D eigenvalue weighted by Crippen LogP contribution is 2.36. The second-order valence-corrected chi connectivity index (χ2v) is 3.96. The zero-order valence-electron chi connectivity index (χ0n) is 8.83. The maximum Gasteiger partial charge on any atom is 0.0277 e. The molecule has 0 nitrogen and oxygen atoms in total. The van der Waals surface area contributed by atoms with Gasteiger partial charge in [0.05, 0.1) is 0 Å². The Morgan fingerprint density at radius 3 is 2.67 bits per heavy atom. The van der Waals surface area contributed by atoms with Crippen LogP contribution >= 0.6 is 0 Å². The topological polar surface area (TPSA) is 0 Å². The first-order valence-electron chi connectivity index (χ1n) is 5.46. The molecule has 0 bridgehead atoms. The summed E-state index contributed by atoms with van der Waals surface area (Å²) in [6, 6.07) is 13.0. The molecule has 73 valence electrons. The van der Waals surface area contributed by atoms with E-state index in [9.17, 15) is 0 Å². The van der Waals surface area contributed by atoms with Crippen LogP contribution in [0.5, 0.6) is 0 Å². The molecule has 15 heavy (non-hydrogen) atoms. The lowest BCUT2D eigenvalue weighted by atomic mass is 9.92. The molecule has 0 amide bonds. The van der Waals surface area contributed by atoms with Crippen molar-refractivity contribution in [1.29, 1.82) is 0 Å². The van der Waals surface area contributed by atoms with Gasteiger partial charge in [-0.15, -0.1) is 0 Å². The van der Waals surface area contributed by atoms with Crippen molar-refractivity contribution >= 4 is 16.8 Å². The Hall–Kier alpha value is -1.56. The van der Waals surface area contributed by atoms with Gasteiger partial charge < -0.3 is 0 Å². The van der Waals surface area contributed by atoms with Gasteiger partial charge in [-0.05, 0) is 28.3 Å². The lowest BCUT2D eigenvalue weighted by Crippen LogP contribution is -1.93. The maximum atomic E-state index is 2.25. The van der Waals surface area contributed by atoms with Crippen molar-refractivity contribution in [1.82, 2.24) is 0 Å². The highest BCUT2D eigenvalue weighted by Gasteiger charge is 2.18. The minimum Gasteiger partial charge on any atom is -0.0721 e. The van der Waals surface area contributed by atoms with Gasteiger partial charge in [0.25, 0.3) is 0 Å². The molecular formula is C15H13. The molecule has 0 N–H and O–H groups in total. The highest BCUT2D eigenvalue weighted by atomic mass is 14.2. The van der Waals surface area contributed by atoms with Crippen LogP contribution in [0, 0.1) is 5.92 Å². The number of rotatable bonds is 1. The molecule has 2 aromatic rings. The fourth-order valence-corrected chi connectivity index (χ4v) is 2.35. The number of fused-ring (bicyclic) bond motifs is 3. The molecule has 0 unspecified atom stereocenters. The number of allylic oxidation sites excluding steroid dienone is 1. The van der Waals surface area contributed by atoms with Crippen LogP contribution in [0.4, 0.5) is 0 Å². The van der Waals surface area contributed by atoms with Crippen molar-refractivity contribution in [3.8, 4) is 0 Å². The maximum absolute atomic E-state index is 2.25. The molecule has 1 aliphatic carbocycles. The molecule has 0 saturated carbocycles. The third kappa shape index (κ3) is 1.21. The van der Waals surface area contributed by atoms with Gasteiger partial charge in [-0.3, -0.25) is 0 Å². The number of hydrogen-bond acceptors (Lipinski definition) is 0. The number of benzene rings is 2. The SMILES string of the molecule is CC[C]1C=Cc2ccc3ccccc3c21. The zero-order valence-corrected chi connectivity index (χ0v) is 8.83. The third-order valence-electron chi connectivity index (χ3n) is 3.13. The molecule has 0 heterocycles. The summed E-state index contributed by atoms with van der Waals surface area (Å²) < 4.78 is 0. The standard InChI is InChI=1S/C15H13/c1-2-11-7-9-13-10-8-12-5-3-4-6-14(12)15(11)13/h3-10H,2H2,1H3. The molecule has 1 aliphatic rings. The Morgan fingerprint density at radius 2 is 1.80 bits per heavy atom. The van der Waals surface area contributed by atoms with E-state index >= 15 is 0 Å². The van der Waals surface area contributed by atoms with Gasteiger partial charge in [0.2, 0.25) is 0 Å². The first-order chi connectivity index (χ1) is 7.40. The predicted octanol–water partition coefficient (Wildman–Crippen LogP) is 4.20. The summed E-state index contributed by atoms with van der Waals surface area (Å²) in [4.78, 5) is 0. The second-order valence-electron chi connectivity index (χ2n) is 3.96. The van der Waals surface area contributed by atoms with Crippen LogP contribution in [0.15, 0.2) is 42.5 Å². The quantitative estimate of drug-likeness (QED) is 0.636. The minimum atomic E-state index is 1.11. The average molecular weight is 193 g/mol. The fourth-order valence-electron chi connectivity index (χ4n) is 2.35. The van der Waals surface area contributed by atoms with E-state index in [1.54, 1.807) is 0 Å². The summed E-state index contributed by atoms with van der Waals surface area (Å²) in [6.45, 7) is 2.22. The van der Waals surface area contributed by atoms with E-state index in [-0.39, 0.29) is 0 Å². The summed E-state index contributed by atoms with van der Waals surface area (Å²) in [5.41, 5.74) is 2.81. The molecule has 0 spiro atoms. The summed E-state index contributed by atoms with van der Waals surface area (Å²) >= 11 is 0. The first kappa shape index (κ1) is 8.72. The Morgan fingerprint density at radius 1 is 0.933 bits per heavy atom. The van der Waals surface area contributed by atoms with Crippen LogP contribution in [-0.2, 0) is 0 Å². The molecule has 2 aromatic carbocycles. The number of hydrogen-bond donors (Lipinski definition) is 0. The van der Waals surface area contributed by atoms with Gasteiger partial charge in [-0.25, -0.2) is 0 Å². The van der Waals surface area contributed by atoms with Crippen LogP contribution in [0.25, 0.3) is 16.8 Å². The van der Waals surface area contributed by atoms with Crippen molar-refractivity contribution in [2.45, 2.75) is 13.3 Å².